The molecule has 0 atom stereocenters. The average Bonchev–Trinajstić information content (AvgIpc) is 3.21. The van der Waals surface area contributed by atoms with Crippen LogP contribution in [0.1, 0.15) is 19.9 Å². The van der Waals surface area contributed by atoms with Gasteiger partial charge in [-0.15, -0.1) is 0 Å². The molecule has 1 aliphatic rings. The van der Waals surface area contributed by atoms with Crippen LogP contribution in [0, 0.1) is 5.82 Å². The lowest BCUT2D eigenvalue weighted by molar-refractivity contribution is 0.313. The lowest BCUT2D eigenvalue weighted by atomic mass is 10.2. The fourth-order valence-electron chi connectivity index (χ4n) is 3.35. The van der Waals surface area contributed by atoms with Gasteiger partial charge in [0.05, 0.1) is 12.4 Å². The van der Waals surface area contributed by atoms with E-state index in [1.54, 1.807) is 17.1 Å². The minimum atomic E-state index is -0.468. The molecular formula is C21H26FN7. The molecule has 0 saturated carbocycles. The molecule has 29 heavy (non-hydrogen) atoms. The van der Waals surface area contributed by atoms with Crippen molar-refractivity contribution in [2.24, 2.45) is 0 Å². The summed E-state index contributed by atoms with van der Waals surface area (Å²) in [6.07, 6.45) is 4.62. The smallest absolute Gasteiger partial charge is 0.227 e. The van der Waals surface area contributed by atoms with Crippen LogP contribution < -0.4 is 10.2 Å². The Morgan fingerprint density at radius 1 is 1.10 bits per heavy atom. The summed E-state index contributed by atoms with van der Waals surface area (Å²) in [7, 11) is 2.14. The lowest BCUT2D eigenvalue weighted by Crippen LogP contribution is -2.44. The third-order valence-electron chi connectivity index (χ3n) is 5.12. The number of hydrogen-bond acceptors (Lipinski definition) is 6. The van der Waals surface area contributed by atoms with Crippen molar-refractivity contribution >= 4 is 17.3 Å². The van der Waals surface area contributed by atoms with Crippen molar-refractivity contribution < 1.29 is 4.39 Å². The zero-order chi connectivity index (χ0) is 20.4. The quantitative estimate of drug-likeness (QED) is 0.713. The van der Waals surface area contributed by atoms with Gasteiger partial charge in [0, 0.05) is 55.4 Å². The molecular weight excluding hydrogens is 369 g/mol. The van der Waals surface area contributed by atoms with E-state index in [0.29, 0.717) is 11.5 Å². The summed E-state index contributed by atoms with van der Waals surface area (Å²) in [5.74, 6) is -0.112. The van der Waals surface area contributed by atoms with Crippen LogP contribution in [0.5, 0.6) is 0 Å². The van der Waals surface area contributed by atoms with Crippen molar-refractivity contribution in [2.45, 2.75) is 19.9 Å². The number of anilines is 3. The minimum Gasteiger partial charge on any atom is -0.369 e. The van der Waals surface area contributed by atoms with Crippen LogP contribution in [0.25, 0.3) is 11.3 Å². The van der Waals surface area contributed by atoms with E-state index in [9.17, 15) is 4.39 Å². The van der Waals surface area contributed by atoms with E-state index in [1.165, 1.54) is 6.20 Å². The van der Waals surface area contributed by atoms with Gasteiger partial charge in [-0.3, -0.25) is 4.68 Å². The summed E-state index contributed by atoms with van der Waals surface area (Å²) < 4.78 is 16.1. The molecule has 1 aromatic carbocycles. The molecule has 4 rings (SSSR count). The molecule has 3 heterocycles. The molecule has 0 aliphatic carbocycles. The molecule has 2 aromatic heterocycles. The molecule has 0 unspecified atom stereocenters. The number of aromatic nitrogens is 4. The fourth-order valence-corrected chi connectivity index (χ4v) is 3.35. The number of piperazine rings is 1. The fraction of sp³-hybridized carbons (Fsp3) is 0.381. The first kappa shape index (κ1) is 19.3. The first-order valence-corrected chi connectivity index (χ1v) is 9.87. The van der Waals surface area contributed by atoms with Crippen molar-refractivity contribution in [1.29, 1.82) is 0 Å². The Bertz CT molecular complexity index is 977. The first-order chi connectivity index (χ1) is 14.0. The number of likely N-dealkylation sites (N-methyl/N-ethyl adjacent to an activating group) is 1. The second kappa shape index (κ2) is 8.16. The van der Waals surface area contributed by atoms with Crippen molar-refractivity contribution in [3.63, 3.8) is 0 Å². The van der Waals surface area contributed by atoms with Crippen molar-refractivity contribution in [3.05, 3.63) is 48.7 Å². The monoisotopic (exact) mass is 395 g/mol. The molecule has 0 bridgehead atoms. The van der Waals surface area contributed by atoms with Crippen LogP contribution in [-0.2, 0) is 0 Å². The number of hydrogen-bond donors (Lipinski definition) is 1. The van der Waals surface area contributed by atoms with E-state index in [4.69, 9.17) is 0 Å². The van der Waals surface area contributed by atoms with E-state index in [1.807, 2.05) is 26.0 Å². The standard InChI is InChI=1S/C21H26FN7/c1-15(2)29-14-16(12-24-29)20-19(22)13-23-21(26-20)25-17-5-4-6-18(11-17)28-9-7-27(3)8-10-28/h4-6,11-15H,7-10H2,1-3H3,(H,23,25,26). The zero-order valence-corrected chi connectivity index (χ0v) is 17.0. The second-order valence-corrected chi connectivity index (χ2v) is 7.66. The Morgan fingerprint density at radius 2 is 1.90 bits per heavy atom. The third-order valence-corrected chi connectivity index (χ3v) is 5.12. The van der Waals surface area contributed by atoms with Gasteiger partial charge in [-0.1, -0.05) is 6.07 Å². The molecule has 1 aliphatic heterocycles. The Kier molecular flexibility index (Phi) is 5.44. The van der Waals surface area contributed by atoms with E-state index in [2.05, 4.69) is 49.4 Å². The Hall–Kier alpha value is -3.00. The van der Waals surface area contributed by atoms with Gasteiger partial charge in [-0.05, 0) is 39.1 Å². The van der Waals surface area contributed by atoms with Gasteiger partial charge in [0.1, 0.15) is 5.69 Å². The maximum absolute atomic E-state index is 14.3. The van der Waals surface area contributed by atoms with Crippen molar-refractivity contribution in [3.8, 4) is 11.3 Å². The molecule has 3 aromatic rings. The van der Waals surface area contributed by atoms with Crippen LogP contribution in [0.15, 0.2) is 42.9 Å². The normalized spacial score (nSPS) is 15.1. The van der Waals surface area contributed by atoms with Crippen LogP contribution in [0.4, 0.5) is 21.7 Å². The van der Waals surface area contributed by atoms with Gasteiger partial charge < -0.3 is 15.1 Å². The molecule has 1 saturated heterocycles. The van der Waals surface area contributed by atoms with Gasteiger partial charge in [0.25, 0.3) is 0 Å². The molecule has 1 fully saturated rings. The lowest BCUT2D eigenvalue weighted by Gasteiger charge is -2.34. The van der Waals surface area contributed by atoms with Gasteiger partial charge in [-0.2, -0.15) is 5.10 Å². The topological polar surface area (TPSA) is 62.1 Å². The maximum Gasteiger partial charge on any atom is 0.227 e. The minimum absolute atomic E-state index is 0.198. The van der Waals surface area contributed by atoms with Gasteiger partial charge >= 0.3 is 0 Å². The molecule has 8 heteroatoms. The maximum atomic E-state index is 14.3. The summed E-state index contributed by atoms with van der Waals surface area (Å²) in [6.45, 7) is 8.13. The summed E-state index contributed by atoms with van der Waals surface area (Å²) in [4.78, 5) is 13.2. The first-order valence-electron chi connectivity index (χ1n) is 9.87. The third kappa shape index (κ3) is 4.37. The van der Waals surface area contributed by atoms with E-state index < -0.39 is 5.82 Å². The Labute approximate surface area is 170 Å². The molecule has 0 radical (unpaired) electrons. The Balaban J connectivity index is 1.54. The van der Waals surface area contributed by atoms with Crippen molar-refractivity contribution in [2.75, 3.05) is 43.4 Å². The van der Waals surface area contributed by atoms with E-state index >= 15 is 0 Å². The predicted molar refractivity (Wildman–Crippen MR) is 113 cm³/mol. The van der Waals surface area contributed by atoms with Gasteiger partial charge in [0.2, 0.25) is 5.95 Å². The van der Waals surface area contributed by atoms with Gasteiger partial charge in [-0.25, -0.2) is 14.4 Å². The predicted octanol–water partition coefficient (Wildman–Crippen LogP) is 3.56. The SMILES string of the molecule is CC(C)n1cc(-c2nc(Nc3cccc(N4CCN(C)CC4)c3)ncc2F)cn1. The summed E-state index contributed by atoms with van der Waals surface area (Å²) in [6, 6.07) is 8.35. The second-order valence-electron chi connectivity index (χ2n) is 7.66. The van der Waals surface area contributed by atoms with Crippen LogP contribution in [-0.4, -0.2) is 57.9 Å². The van der Waals surface area contributed by atoms with Crippen LogP contribution in [0.3, 0.4) is 0 Å². The van der Waals surface area contributed by atoms with Crippen LogP contribution >= 0.6 is 0 Å². The summed E-state index contributed by atoms with van der Waals surface area (Å²) in [5.41, 5.74) is 2.90. The highest BCUT2D eigenvalue weighted by Crippen LogP contribution is 2.25. The number of nitrogens with one attached hydrogen (secondary N) is 1. The Morgan fingerprint density at radius 3 is 2.62 bits per heavy atom. The van der Waals surface area contributed by atoms with Gasteiger partial charge in [0.15, 0.2) is 5.82 Å². The number of benzene rings is 1. The number of rotatable bonds is 5. The largest absolute Gasteiger partial charge is 0.369 e. The van der Waals surface area contributed by atoms with E-state index in [-0.39, 0.29) is 11.7 Å². The number of halogens is 1. The summed E-state index contributed by atoms with van der Waals surface area (Å²) >= 11 is 0. The highest BCUT2D eigenvalue weighted by molar-refractivity contribution is 5.64. The number of nitrogens with zero attached hydrogens (tertiary/aromatic N) is 6. The molecule has 0 spiro atoms. The summed E-state index contributed by atoms with van der Waals surface area (Å²) in [5, 5.41) is 7.48. The molecule has 1 N–H and O–H groups in total. The highest BCUT2D eigenvalue weighted by Gasteiger charge is 2.15. The zero-order valence-electron chi connectivity index (χ0n) is 17.0. The van der Waals surface area contributed by atoms with Crippen LogP contribution in [0.2, 0.25) is 0 Å². The highest BCUT2D eigenvalue weighted by atomic mass is 19.1. The van der Waals surface area contributed by atoms with Crippen molar-refractivity contribution in [1.82, 2.24) is 24.6 Å². The molecule has 152 valence electrons. The van der Waals surface area contributed by atoms with E-state index in [0.717, 1.165) is 37.6 Å². The average molecular weight is 395 g/mol. The molecule has 0 amide bonds. The molecule has 7 nitrogen and oxygen atoms in total.